The van der Waals surface area contributed by atoms with Gasteiger partial charge < -0.3 is 10.0 Å². The molecule has 1 aliphatic rings. The summed E-state index contributed by atoms with van der Waals surface area (Å²) >= 11 is 0. The number of amides is 2. The standard InChI is InChI=1S/C13H17N3O2/c1-8(2)7-16-11(12(14)15-13(16)18)9-4-3-5-10(17)6-9/h3-6,8,11,17H,7H2,1-2H3,(H2,14,15,18). The molecule has 1 aromatic carbocycles. The maximum absolute atomic E-state index is 11.8. The van der Waals surface area contributed by atoms with Crippen LogP contribution >= 0.6 is 0 Å². The lowest BCUT2D eigenvalue weighted by Crippen LogP contribution is -2.33. The van der Waals surface area contributed by atoms with Gasteiger partial charge in [0.05, 0.1) is 0 Å². The molecule has 1 heterocycles. The highest BCUT2D eigenvalue weighted by Gasteiger charge is 2.36. The zero-order valence-electron chi connectivity index (χ0n) is 10.5. The molecule has 0 bridgehead atoms. The summed E-state index contributed by atoms with van der Waals surface area (Å²) in [7, 11) is 0. The number of hydrogen-bond donors (Lipinski definition) is 3. The molecule has 0 aliphatic carbocycles. The van der Waals surface area contributed by atoms with Crippen LogP contribution in [0.3, 0.4) is 0 Å². The Labute approximate surface area is 106 Å². The van der Waals surface area contributed by atoms with Gasteiger partial charge >= 0.3 is 6.03 Å². The van der Waals surface area contributed by atoms with Gasteiger partial charge in [-0.2, -0.15) is 0 Å². The minimum Gasteiger partial charge on any atom is -0.508 e. The third kappa shape index (κ3) is 2.30. The van der Waals surface area contributed by atoms with Crippen molar-refractivity contribution in [2.45, 2.75) is 19.9 Å². The van der Waals surface area contributed by atoms with Crippen LogP contribution < -0.4 is 5.32 Å². The molecule has 5 heteroatoms. The zero-order chi connectivity index (χ0) is 13.3. The lowest BCUT2D eigenvalue weighted by atomic mass is 10.0. The summed E-state index contributed by atoms with van der Waals surface area (Å²) in [5.41, 5.74) is 0.749. The molecule has 2 rings (SSSR count). The smallest absolute Gasteiger partial charge is 0.323 e. The predicted molar refractivity (Wildman–Crippen MR) is 68.7 cm³/mol. The van der Waals surface area contributed by atoms with Crippen molar-refractivity contribution >= 4 is 11.9 Å². The molecule has 3 N–H and O–H groups in total. The van der Waals surface area contributed by atoms with Gasteiger partial charge in [-0.15, -0.1) is 0 Å². The summed E-state index contributed by atoms with van der Waals surface area (Å²) in [5, 5.41) is 19.9. The summed E-state index contributed by atoms with van der Waals surface area (Å²) in [6.07, 6.45) is 0. The van der Waals surface area contributed by atoms with Crippen LogP contribution in [0.5, 0.6) is 5.75 Å². The van der Waals surface area contributed by atoms with E-state index >= 15 is 0 Å². The minimum absolute atomic E-state index is 0.143. The van der Waals surface area contributed by atoms with Crippen LogP contribution in [0, 0.1) is 11.3 Å². The maximum atomic E-state index is 11.8. The van der Waals surface area contributed by atoms with Crippen molar-refractivity contribution < 1.29 is 9.90 Å². The molecule has 1 unspecified atom stereocenters. The first-order chi connectivity index (χ1) is 8.49. The van der Waals surface area contributed by atoms with Crippen LogP contribution in [-0.2, 0) is 0 Å². The summed E-state index contributed by atoms with van der Waals surface area (Å²) in [5.74, 6) is 0.622. The van der Waals surface area contributed by atoms with Crippen LogP contribution in [0.1, 0.15) is 25.5 Å². The molecule has 1 aliphatic heterocycles. The van der Waals surface area contributed by atoms with Crippen molar-refractivity contribution in [2.24, 2.45) is 5.92 Å². The Hall–Kier alpha value is -2.04. The number of phenolic OH excluding ortho intramolecular Hbond substituents is 1. The van der Waals surface area contributed by atoms with E-state index in [1.165, 1.54) is 0 Å². The topological polar surface area (TPSA) is 76.4 Å². The third-order valence-electron chi connectivity index (χ3n) is 2.84. The van der Waals surface area contributed by atoms with Crippen molar-refractivity contribution in [3.63, 3.8) is 0 Å². The molecule has 1 aromatic rings. The van der Waals surface area contributed by atoms with Crippen molar-refractivity contribution in [3.8, 4) is 5.75 Å². The van der Waals surface area contributed by atoms with Crippen LogP contribution in [0.25, 0.3) is 0 Å². The fourth-order valence-electron chi connectivity index (χ4n) is 2.15. The summed E-state index contributed by atoms with van der Waals surface area (Å²) in [4.78, 5) is 13.4. The Morgan fingerprint density at radius 2 is 2.22 bits per heavy atom. The van der Waals surface area contributed by atoms with Crippen LogP contribution in [0.2, 0.25) is 0 Å². The Balaban J connectivity index is 2.33. The molecule has 1 fully saturated rings. The molecule has 0 aromatic heterocycles. The van der Waals surface area contributed by atoms with Gasteiger partial charge in [-0.3, -0.25) is 10.7 Å². The molecule has 0 saturated carbocycles. The van der Waals surface area contributed by atoms with E-state index in [2.05, 4.69) is 5.32 Å². The fourth-order valence-corrected chi connectivity index (χ4v) is 2.15. The average molecular weight is 247 g/mol. The molecular formula is C13H17N3O2. The largest absolute Gasteiger partial charge is 0.508 e. The van der Waals surface area contributed by atoms with E-state index in [0.29, 0.717) is 12.5 Å². The predicted octanol–water partition coefficient (Wildman–Crippen LogP) is 2.09. The maximum Gasteiger partial charge on any atom is 0.323 e. The third-order valence-corrected chi connectivity index (χ3v) is 2.84. The normalized spacial score (nSPS) is 19.5. The van der Waals surface area contributed by atoms with Gasteiger partial charge in [0.2, 0.25) is 0 Å². The van der Waals surface area contributed by atoms with E-state index < -0.39 is 6.04 Å². The Morgan fingerprint density at radius 3 is 2.83 bits per heavy atom. The first-order valence-electron chi connectivity index (χ1n) is 5.94. The summed E-state index contributed by atoms with van der Waals surface area (Å²) in [6.45, 7) is 4.62. The monoisotopic (exact) mass is 247 g/mol. The molecule has 1 atom stereocenters. The fraction of sp³-hybridized carbons (Fsp3) is 0.385. The van der Waals surface area contributed by atoms with Gasteiger partial charge in [0, 0.05) is 6.54 Å². The Morgan fingerprint density at radius 1 is 1.50 bits per heavy atom. The van der Waals surface area contributed by atoms with E-state index in [-0.39, 0.29) is 17.6 Å². The zero-order valence-corrected chi connectivity index (χ0v) is 10.5. The Bertz CT molecular complexity index is 485. The van der Waals surface area contributed by atoms with Gasteiger partial charge in [0.25, 0.3) is 0 Å². The number of hydrogen-bond acceptors (Lipinski definition) is 3. The quantitative estimate of drug-likeness (QED) is 0.765. The van der Waals surface area contributed by atoms with Gasteiger partial charge in [-0.1, -0.05) is 26.0 Å². The number of nitrogens with one attached hydrogen (secondary N) is 2. The van der Waals surface area contributed by atoms with E-state index in [4.69, 9.17) is 5.41 Å². The number of amidine groups is 1. The molecule has 96 valence electrons. The van der Waals surface area contributed by atoms with Crippen molar-refractivity contribution in [2.75, 3.05) is 6.54 Å². The number of aromatic hydroxyl groups is 1. The van der Waals surface area contributed by atoms with Crippen LogP contribution in [-0.4, -0.2) is 28.4 Å². The van der Waals surface area contributed by atoms with Gasteiger partial charge in [0.1, 0.15) is 17.6 Å². The van der Waals surface area contributed by atoms with Crippen molar-refractivity contribution in [1.82, 2.24) is 10.2 Å². The molecule has 5 nitrogen and oxygen atoms in total. The number of benzene rings is 1. The molecule has 0 radical (unpaired) electrons. The van der Waals surface area contributed by atoms with Crippen LogP contribution in [0.15, 0.2) is 24.3 Å². The first-order valence-corrected chi connectivity index (χ1v) is 5.94. The van der Waals surface area contributed by atoms with Crippen LogP contribution in [0.4, 0.5) is 4.79 Å². The first kappa shape index (κ1) is 12.4. The van der Waals surface area contributed by atoms with Crippen molar-refractivity contribution in [3.05, 3.63) is 29.8 Å². The van der Waals surface area contributed by atoms with Gasteiger partial charge in [0.15, 0.2) is 0 Å². The molecule has 18 heavy (non-hydrogen) atoms. The molecular weight excluding hydrogens is 230 g/mol. The Kier molecular flexibility index (Phi) is 3.23. The van der Waals surface area contributed by atoms with Crippen molar-refractivity contribution in [1.29, 1.82) is 5.41 Å². The number of carbonyl (C=O) groups excluding carboxylic acids is 1. The highest BCUT2D eigenvalue weighted by Crippen LogP contribution is 2.28. The van der Waals surface area contributed by atoms with Gasteiger partial charge in [-0.05, 0) is 23.6 Å². The highest BCUT2D eigenvalue weighted by molar-refractivity contribution is 6.06. The SMILES string of the molecule is CC(C)CN1C(=O)NC(=N)C1c1cccc(O)c1. The number of nitrogens with zero attached hydrogens (tertiary/aromatic N) is 1. The average Bonchev–Trinajstić information content (AvgIpc) is 2.53. The molecule has 0 spiro atoms. The molecule has 2 amide bonds. The highest BCUT2D eigenvalue weighted by atomic mass is 16.3. The van der Waals surface area contributed by atoms with E-state index in [0.717, 1.165) is 5.56 Å². The number of phenols is 1. The minimum atomic E-state index is -0.424. The number of rotatable bonds is 3. The van der Waals surface area contributed by atoms with E-state index in [1.54, 1.807) is 23.1 Å². The van der Waals surface area contributed by atoms with E-state index in [1.807, 2.05) is 19.9 Å². The molecule has 1 saturated heterocycles. The number of carbonyl (C=O) groups is 1. The second-order valence-electron chi connectivity index (χ2n) is 4.89. The van der Waals surface area contributed by atoms with Gasteiger partial charge in [-0.25, -0.2) is 4.79 Å². The lowest BCUT2D eigenvalue weighted by molar-refractivity contribution is 0.198. The number of urea groups is 1. The van der Waals surface area contributed by atoms with E-state index in [9.17, 15) is 9.90 Å². The second-order valence-corrected chi connectivity index (χ2v) is 4.89. The lowest BCUT2D eigenvalue weighted by Gasteiger charge is -2.24. The summed E-state index contributed by atoms with van der Waals surface area (Å²) < 4.78 is 0. The summed E-state index contributed by atoms with van der Waals surface area (Å²) in [6, 6.07) is 6.02. The second kappa shape index (κ2) is 4.68.